The molecule has 1 amide bonds. The number of nitrogens with zero attached hydrogens (tertiary/aromatic N) is 3. The molecule has 23 heavy (non-hydrogen) atoms. The zero-order valence-corrected chi connectivity index (χ0v) is 14.2. The molecule has 1 atom stereocenters. The summed E-state index contributed by atoms with van der Waals surface area (Å²) < 4.78 is 5.42. The molecule has 0 spiro atoms. The molecule has 3 rings (SSSR count). The zero-order chi connectivity index (χ0) is 16.2. The molecule has 7 heteroatoms. The lowest BCUT2D eigenvalue weighted by Gasteiger charge is -2.24. The highest BCUT2D eigenvalue weighted by Gasteiger charge is 2.31. The minimum atomic E-state index is -0.0786. The molecule has 0 saturated carbocycles. The summed E-state index contributed by atoms with van der Waals surface area (Å²) >= 11 is 7.78. The fourth-order valence-corrected chi connectivity index (χ4v) is 3.83. The second kappa shape index (κ2) is 7.19. The van der Waals surface area contributed by atoms with E-state index in [4.69, 9.17) is 16.3 Å². The first-order chi connectivity index (χ1) is 11.1. The van der Waals surface area contributed by atoms with Gasteiger partial charge in [-0.05, 0) is 30.7 Å². The van der Waals surface area contributed by atoms with Gasteiger partial charge in [0, 0.05) is 29.2 Å². The molecule has 1 saturated heterocycles. The number of rotatable bonds is 4. The SMILES string of the molecule is Cc1ccnc(OCC(=O)N2CCSC2c2cccc(Cl)c2)n1. The third-order valence-electron chi connectivity index (χ3n) is 3.44. The molecular formula is C16H16ClN3O2S. The molecule has 5 nitrogen and oxygen atoms in total. The Morgan fingerprint density at radius 1 is 1.48 bits per heavy atom. The van der Waals surface area contributed by atoms with Crippen LogP contribution in [0.2, 0.25) is 5.02 Å². The van der Waals surface area contributed by atoms with Crippen LogP contribution in [0.15, 0.2) is 36.5 Å². The summed E-state index contributed by atoms with van der Waals surface area (Å²) in [6, 6.07) is 9.62. The van der Waals surface area contributed by atoms with E-state index in [1.54, 1.807) is 24.0 Å². The van der Waals surface area contributed by atoms with Gasteiger partial charge in [-0.2, -0.15) is 0 Å². The highest BCUT2D eigenvalue weighted by molar-refractivity contribution is 7.99. The van der Waals surface area contributed by atoms with E-state index in [0.29, 0.717) is 11.6 Å². The number of hydrogen-bond donors (Lipinski definition) is 0. The third-order valence-corrected chi connectivity index (χ3v) is 4.94. The predicted octanol–water partition coefficient (Wildman–Crippen LogP) is 3.09. The van der Waals surface area contributed by atoms with Gasteiger partial charge >= 0.3 is 6.01 Å². The van der Waals surface area contributed by atoms with Gasteiger partial charge in [-0.15, -0.1) is 11.8 Å². The van der Waals surface area contributed by atoms with E-state index >= 15 is 0 Å². The number of aryl methyl sites for hydroxylation is 1. The van der Waals surface area contributed by atoms with Gasteiger partial charge in [0.1, 0.15) is 5.37 Å². The number of benzene rings is 1. The number of halogens is 1. The molecular weight excluding hydrogens is 334 g/mol. The second-order valence-electron chi connectivity index (χ2n) is 5.13. The van der Waals surface area contributed by atoms with Crippen molar-refractivity contribution in [3.05, 3.63) is 52.8 Å². The first-order valence-electron chi connectivity index (χ1n) is 7.22. The number of carbonyl (C=O) groups excluding carboxylic acids is 1. The molecule has 1 aliphatic rings. The Hall–Kier alpha value is -1.79. The number of ether oxygens (including phenoxy) is 1. The standard InChI is InChI=1S/C16H16ClN3O2S/c1-11-5-6-18-16(19-11)22-10-14(21)20-7-8-23-15(20)12-3-2-4-13(17)9-12/h2-6,9,15H,7-8,10H2,1H3. The minimum Gasteiger partial charge on any atom is -0.453 e. The summed E-state index contributed by atoms with van der Waals surface area (Å²) in [7, 11) is 0. The number of thioether (sulfide) groups is 1. The van der Waals surface area contributed by atoms with E-state index in [1.807, 2.05) is 36.1 Å². The molecule has 0 N–H and O–H groups in total. The van der Waals surface area contributed by atoms with Crippen molar-refractivity contribution < 1.29 is 9.53 Å². The Balaban J connectivity index is 1.66. The van der Waals surface area contributed by atoms with Gasteiger partial charge in [0.05, 0.1) is 0 Å². The van der Waals surface area contributed by atoms with Crippen LogP contribution in [0, 0.1) is 6.92 Å². The fourth-order valence-electron chi connectivity index (χ4n) is 2.37. The van der Waals surface area contributed by atoms with Crippen molar-refractivity contribution in [2.24, 2.45) is 0 Å². The first-order valence-corrected chi connectivity index (χ1v) is 8.65. The van der Waals surface area contributed by atoms with Gasteiger partial charge in [0.15, 0.2) is 6.61 Å². The van der Waals surface area contributed by atoms with Crippen molar-refractivity contribution in [3.8, 4) is 6.01 Å². The lowest BCUT2D eigenvalue weighted by Crippen LogP contribution is -2.34. The van der Waals surface area contributed by atoms with Crippen molar-refractivity contribution in [1.82, 2.24) is 14.9 Å². The molecule has 1 aliphatic heterocycles. The number of aromatic nitrogens is 2. The molecule has 120 valence electrons. The predicted molar refractivity (Wildman–Crippen MR) is 90.6 cm³/mol. The summed E-state index contributed by atoms with van der Waals surface area (Å²) in [4.78, 5) is 22.4. The van der Waals surface area contributed by atoms with Crippen LogP contribution < -0.4 is 4.74 Å². The van der Waals surface area contributed by atoms with Crippen LogP contribution in [-0.2, 0) is 4.79 Å². The Kier molecular flexibility index (Phi) is 5.03. The average molecular weight is 350 g/mol. The Labute approximate surface area is 144 Å². The van der Waals surface area contributed by atoms with Crippen molar-refractivity contribution in [3.63, 3.8) is 0 Å². The van der Waals surface area contributed by atoms with E-state index in [2.05, 4.69) is 9.97 Å². The Bertz CT molecular complexity index is 713. The maximum atomic E-state index is 12.5. The Morgan fingerprint density at radius 3 is 3.13 bits per heavy atom. The largest absolute Gasteiger partial charge is 0.453 e. The summed E-state index contributed by atoms with van der Waals surface area (Å²) in [5, 5.41) is 0.648. The highest BCUT2D eigenvalue weighted by atomic mass is 35.5. The van der Waals surface area contributed by atoms with Gasteiger partial charge in [-0.3, -0.25) is 4.79 Å². The lowest BCUT2D eigenvalue weighted by molar-refractivity contribution is -0.133. The van der Waals surface area contributed by atoms with Crippen LogP contribution in [-0.4, -0.2) is 39.7 Å². The molecule has 1 aromatic carbocycles. The van der Waals surface area contributed by atoms with E-state index in [1.165, 1.54) is 0 Å². The number of amides is 1. The average Bonchev–Trinajstić information content (AvgIpc) is 3.02. The molecule has 1 aromatic heterocycles. The van der Waals surface area contributed by atoms with Gasteiger partial charge in [-0.25, -0.2) is 9.97 Å². The van der Waals surface area contributed by atoms with E-state index in [-0.39, 0.29) is 23.9 Å². The third kappa shape index (κ3) is 3.95. The van der Waals surface area contributed by atoms with Crippen molar-refractivity contribution in [1.29, 1.82) is 0 Å². The second-order valence-corrected chi connectivity index (χ2v) is 6.76. The van der Waals surface area contributed by atoms with Gasteiger partial charge in [-0.1, -0.05) is 23.7 Å². The van der Waals surface area contributed by atoms with Crippen molar-refractivity contribution in [2.45, 2.75) is 12.3 Å². The van der Waals surface area contributed by atoms with E-state index in [0.717, 1.165) is 17.0 Å². The van der Waals surface area contributed by atoms with Crippen LogP contribution in [0.25, 0.3) is 0 Å². The lowest BCUT2D eigenvalue weighted by atomic mass is 10.2. The first kappa shape index (κ1) is 16.1. The summed E-state index contributed by atoms with van der Waals surface area (Å²) in [5.41, 5.74) is 1.83. The van der Waals surface area contributed by atoms with E-state index in [9.17, 15) is 4.79 Å². The van der Waals surface area contributed by atoms with Crippen LogP contribution in [0.3, 0.4) is 0 Å². The summed E-state index contributed by atoms with van der Waals surface area (Å²) in [6.45, 7) is 2.47. The molecule has 2 heterocycles. The molecule has 0 radical (unpaired) electrons. The Morgan fingerprint density at radius 2 is 2.35 bits per heavy atom. The maximum absolute atomic E-state index is 12.5. The zero-order valence-electron chi connectivity index (χ0n) is 12.6. The number of carbonyl (C=O) groups is 1. The molecule has 0 aliphatic carbocycles. The molecule has 2 aromatic rings. The topological polar surface area (TPSA) is 55.3 Å². The smallest absolute Gasteiger partial charge is 0.317 e. The van der Waals surface area contributed by atoms with Crippen molar-refractivity contribution >= 4 is 29.3 Å². The van der Waals surface area contributed by atoms with Crippen LogP contribution in [0.1, 0.15) is 16.6 Å². The van der Waals surface area contributed by atoms with E-state index < -0.39 is 0 Å². The van der Waals surface area contributed by atoms with Crippen LogP contribution in [0.4, 0.5) is 0 Å². The molecule has 1 unspecified atom stereocenters. The normalized spacial score (nSPS) is 17.3. The summed E-state index contributed by atoms with van der Waals surface area (Å²) in [5.74, 6) is 0.814. The van der Waals surface area contributed by atoms with Crippen molar-refractivity contribution in [2.75, 3.05) is 18.9 Å². The molecule has 0 bridgehead atoms. The van der Waals surface area contributed by atoms with Gasteiger partial charge < -0.3 is 9.64 Å². The maximum Gasteiger partial charge on any atom is 0.317 e. The monoisotopic (exact) mass is 349 g/mol. The minimum absolute atomic E-state index is 0.0248. The summed E-state index contributed by atoms with van der Waals surface area (Å²) in [6.07, 6.45) is 1.61. The van der Waals surface area contributed by atoms with Crippen LogP contribution >= 0.6 is 23.4 Å². The fraction of sp³-hybridized carbons (Fsp3) is 0.312. The van der Waals surface area contributed by atoms with Gasteiger partial charge in [0.25, 0.3) is 5.91 Å². The quantitative estimate of drug-likeness (QED) is 0.849. The van der Waals surface area contributed by atoms with Crippen LogP contribution in [0.5, 0.6) is 6.01 Å². The van der Waals surface area contributed by atoms with Gasteiger partial charge in [0.2, 0.25) is 0 Å². The molecule has 1 fully saturated rings. The highest BCUT2D eigenvalue weighted by Crippen LogP contribution is 2.38. The number of hydrogen-bond acceptors (Lipinski definition) is 5.